The summed E-state index contributed by atoms with van der Waals surface area (Å²) in [6, 6.07) is 12.2. The first-order chi connectivity index (χ1) is 8.25. The van der Waals surface area contributed by atoms with Gasteiger partial charge in [0.1, 0.15) is 0 Å². The molecule has 3 heteroatoms. The lowest BCUT2D eigenvalue weighted by atomic mass is 10.1. The lowest BCUT2D eigenvalue weighted by molar-refractivity contribution is 0.138. The highest BCUT2D eigenvalue weighted by atomic mass is 32.1. The van der Waals surface area contributed by atoms with Crippen molar-refractivity contribution in [2.75, 3.05) is 20.1 Å². The molecule has 1 atom stereocenters. The molecule has 1 N–H and O–H groups in total. The molecule has 0 saturated carbocycles. The molecule has 1 aliphatic heterocycles. The summed E-state index contributed by atoms with van der Waals surface area (Å²) in [5.41, 5.74) is 0. The van der Waals surface area contributed by atoms with E-state index in [1.807, 2.05) is 11.3 Å². The van der Waals surface area contributed by atoms with E-state index >= 15 is 0 Å². The average molecular weight is 246 g/mol. The molecule has 0 amide bonds. The highest BCUT2D eigenvalue weighted by Gasteiger charge is 2.26. The Balaban J connectivity index is 1.86. The first kappa shape index (κ1) is 11.2. The smallest absolute Gasteiger partial charge is 0.0414 e. The van der Waals surface area contributed by atoms with E-state index in [1.165, 1.54) is 15.0 Å². The van der Waals surface area contributed by atoms with Crippen molar-refractivity contribution in [2.45, 2.75) is 19.0 Å². The molecule has 0 aliphatic carbocycles. The van der Waals surface area contributed by atoms with Crippen LogP contribution < -0.4 is 5.32 Å². The van der Waals surface area contributed by atoms with Gasteiger partial charge in [-0.25, -0.2) is 0 Å². The predicted molar refractivity (Wildman–Crippen MR) is 74.7 cm³/mol. The van der Waals surface area contributed by atoms with Crippen LogP contribution in [0.2, 0.25) is 0 Å². The molecule has 90 valence electrons. The van der Waals surface area contributed by atoms with E-state index in [4.69, 9.17) is 0 Å². The first-order valence-corrected chi connectivity index (χ1v) is 6.98. The van der Waals surface area contributed by atoms with Crippen LogP contribution in [0.3, 0.4) is 0 Å². The molecule has 2 aromatic rings. The fraction of sp³-hybridized carbons (Fsp3) is 0.429. The second kappa shape index (κ2) is 4.41. The fourth-order valence-electron chi connectivity index (χ4n) is 2.29. The highest BCUT2D eigenvalue weighted by Crippen LogP contribution is 2.32. The van der Waals surface area contributed by atoms with E-state index < -0.39 is 0 Å². The number of hydrogen-bond acceptors (Lipinski definition) is 3. The van der Waals surface area contributed by atoms with E-state index in [0.717, 1.165) is 13.1 Å². The Morgan fingerprint density at radius 3 is 2.76 bits per heavy atom. The molecule has 0 bridgehead atoms. The third-order valence-electron chi connectivity index (χ3n) is 3.80. The van der Waals surface area contributed by atoms with Gasteiger partial charge in [-0.05, 0) is 31.5 Å². The van der Waals surface area contributed by atoms with Crippen molar-refractivity contribution < 1.29 is 0 Å². The zero-order valence-corrected chi connectivity index (χ0v) is 11.1. The highest BCUT2D eigenvalue weighted by molar-refractivity contribution is 7.19. The number of rotatable bonds is 3. The van der Waals surface area contributed by atoms with Crippen molar-refractivity contribution in [2.24, 2.45) is 0 Å². The SMILES string of the molecule is CC(c1cc2ccccc2s1)N(C)C1CNC1. The lowest BCUT2D eigenvalue weighted by Crippen LogP contribution is -2.56. The van der Waals surface area contributed by atoms with E-state index in [0.29, 0.717) is 12.1 Å². The lowest BCUT2D eigenvalue weighted by Gasteiger charge is -2.39. The van der Waals surface area contributed by atoms with Crippen LogP contribution in [0.5, 0.6) is 0 Å². The Kier molecular flexibility index (Phi) is 2.90. The summed E-state index contributed by atoms with van der Waals surface area (Å²) >= 11 is 1.92. The maximum absolute atomic E-state index is 3.34. The molecule has 1 aromatic heterocycles. The molecule has 2 heterocycles. The number of fused-ring (bicyclic) bond motifs is 1. The summed E-state index contributed by atoms with van der Waals surface area (Å²) < 4.78 is 1.40. The summed E-state index contributed by atoms with van der Waals surface area (Å²) in [4.78, 5) is 3.96. The van der Waals surface area contributed by atoms with Gasteiger partial charge in [-0.1, -0.05) is 18.2 Å². The number of hydrogen-bond donors (Lipinski definition) is 1. The zero-order valence-electron chi connectivity index (χ0n) is 10.3. The molecule has 1 aromatic carbocycles. The van der Waals surface area contributed by atoms with Crippen molar-refractivity contribution in [3.05, 3.63) is 35.2 Å². The van der Waals surface area contributed by atoms with Crippen LogP contribution in [0.15, 0.2) is 30.3 Å². The summed E-state index contributed by atoms with van der Waals surface area (Å²) in [7, 11) is 2.24. The molecular formula is C14H18N2S. The predicted octanol–water partition coefficient (Wildman–Crippen LogP) is 2.87. The Morgan fingerprint density at radius 2 is 2.12 bits per heavy atom. The molecular weight excluding hydrogens is 228 g/mol. The van der Waals surface area contributed by atoms with Crippen LogP contribution in [-0.4, -0.2) is 31.1 Å². The van der Waals surface area contributed by atoms with Crippen LogP contribution in [0.4, 0.5) is 0 Å². The van der Waals surface area contributed by atoms with Gasteiger partial charge in [0.05, 0.1) is 0 Å². The fourth-order valence-corrected chi connectivity index (χ4v) is 3.45. The average Bonchev–Trinajstić information content (AvgIpc) is 2.68. The standard InChI is InChI=1S/C14H18N2S/c1-10(16(2)12-8-15-9-12)14-7-11-5-3-4-6-13(11)17-14/h3-7,10,12,15H,8-9H2,1-2H3. The van der Waals surface area contributed by atoms with Crippen LogP contribution >= 0.6 is 11.3 Å². The Labute approximate surface area is 106 Å². The summed E-state index contributed by atoms with van der Waals surface area (Å²) in [5, 5.41) is 4.71. The number of likely N-dealkylation sites (N-methyl/N-ethyl adjacent to an activating group) is 1. The van der Waals surface area contributed by atoms with Gasteiger partial charge >= 0.3 is 0 Å². The van der Waals surface area contributed by atoms with Gasteiger partial charge in [0, 0.05) is 34.8 Å². The zero-order chi connectivity index (χ0) is 11.8. The minimum Gasteiger partial charge on any atom is -0.314 e. The minimum absolute atomic E-state index is 0.513. The summed E-state index contributed by atoms with van der Waals surface area (Å²) in [6.45, 7) is 4.57. The normalized spacial score (nSPS) is 18.5. The number of thiophene rings is 1. The molecule has 0 radical (unpaired) electrons. The molecule has 0 spiro atoms. The Bertz CT molecular complexity index is 483. The minimum atomic E-state index is 0.513. The van der Waals surface area contributed by atoms with E-state index in [2.05, 4.69) is 54.5 Å². The van der Waals surface area contributed by atoms with Gasteiger partial charge in [-0.2, -0.15) is 0 Å². The van der Waals surface area contributed by atoms with Gasteiger partial charge in [0.2, 0.25) is 0 Å². The van der Waals surface area contributed by atoms with E-state index in [-0.39, 0.29) is 0 Å². The van der Waals surface area contributed by atoms with Gasteiger partial charge in [-0.3, -0.25) is 4.90 Å². The Hall–Kier alpha value is -0.900. The van der Waals surface area contributed by atoms with Gasteiger partial charge in [0.25, 0.3) is 0 Å². The summed E-state index contributed by atoms with van der Waals surface area (Å²) in [5.74, 6) is 0. The van der Waals surface area contributed by atoms with Crippen LogP contribution in [0.25, 0.3) is 10.1 Å². The number of benzene rings is 1. The summed E-state index contributed by atoms with van der Waals surface area (Å²) in [6.07, 6.45) is 0. The molecule has 1 saturated heterocycles. The van der Waals surface area contributed by atoms with Gasteiger partial charge < -0.3 is 5.32 Å². The first-order valence-electron chi connectivity index (χ1n) is 6.17. The van der Waals surface area contributed by atoms with Gasteiger partial charge in [-0.15, -0.1) is 11.3 Å². The third kappa shape index (κ3) is 1.99. The number of nitrogens with one attached hydrogen (secondary N) is 1. The molecule has 2 nitrogen and oxygen atoms in total. The van der Waals surface area contributed by atoms with Crippen LogP contribution in [-0.2, 0) is 0 Å². The number of nitrogens with zero attached hydrogens (tertiary/aromatic N) is 1. The molecule has 1 aliphatic rings. The van der Waals surface area contributed by atoms with Crippen molar-refractivity contribution in [3.8, 4) is 0 Å². The second-order valence-electron chi connectivity index (χ2n) is 4.84. The molecule has 1 fully saturated rings. The van der Waals surface area contributed by atoms with Crippen LogP contribution in [0, 0.1) is 0 Å². The van der Waals surface area contributed by atoms with Crippen molar-refractivity contribution in [1.82, 2.24) is 10.2 Å². The van der Waals surface area contributed by atoms with Crippen molar-refractivity contribution in [3.63, 3.8) is 0 Å². The molecule has 3 rings (SSSR count). The quantitative estimate of drug-likeness (QED) is 0.896. The molecule has 17 heavy (non-hydrogen) atoms. The van der Waals surface area contributed by atoms with Crippen molar-refractivity contribution in [1.29, 1.82) is 0 Å². The van der Waals surface area contributed by atoms with E-state index in [9.17, 15) is 0 Å². The van der Waals surface area contributed by atoms with E-state index in [1.54, 1.807) is 0 Å². The maximum atomic E-state index is 3.34. The third-order valence-corrected chi connectivity index (χ3v) is 5.09. The second-order valence-corrected chi connectivity index (χ2v) is 5.96. The topological polar surface area (TPSA) is 15.3 Å². The Morgan fingerprint density at radius 1 is 1.35 bits per heavy atom. The largest absolute Gasteiger partial charge is 0.314 e. The van der Waals surface area contributed by atoms with Crippen LogP contribution in [0.1, 0.15) is 17.8 Å². The van der Waals surface area contributed by atoms with Gasteiger partial charge in [0.15, 0.2) is 0 Å². The van der Waals surface area contributed by atoms with Crippen molar-refractivity contribution >= 4 is 21.4 Å². The molecule has 1 unspecified atom stereocenters. The maximum Gasteiger partial charge on any atom is 0.0414 e. The monoisotopic (exact) mass is 246 g/mol.